The topological polar surface area (TPSA) is 44.8 Å². The lowest BCUT2D eigenvalue weighted by molar-refractivity contribution is 0.0949. The molecule has 1 aromatic rings. The van der Waals surface area contributed by atoms with Crippen LogP contribution in [0.15, 0.2) is 18.2 Å². The Morgan fingerprint density at radius 3 is 2.91 bits per heavy atom. The molecule has 1 aromatic carbocycles. The van der Waals surface area contributed by atoms with E-state index < -0.39 is 0 Å². The zero-order valence-corrected chi connectivity index (χ0v) is 13.3. The summed E-state index contributed by atoms with van der Waals surface area (Å²) in [5.74, 6) is 0.944. The van der Waals surface area contributed by atoms with Crippen molar-refractivity contribution in [3.05, 3.63) is 29.3 Å². The lowest BCUT2D eigenvalue weighted by Gasteiger charge is -2.32. The monoisotopic (exact) mass is 303 g/mol. The number of nitrogens with zero attached hydrogens (tertiary/aromatic N) is 2. The first kappa shape index (κ1) is 15.3. The Hall–Kier alpha value is -1.59. The van der Waals surface area contributed by atoms with Gasteiger partial charge in [-0.05, 0) is 43.8 Å². The highest BCUT2D eigenvalue weighted by Gasteiger charge is 2.15. The first-order valence-electron chi connectivity index (χ1n) is 8.17. The first-order valence-corrected chi connectivity index (χ1v) is 8.17. The molecule has 0 bridgehead atoms. The molecular weight excluding hydrogens is 278 g/mol. The number of likely N-dealkylation sites (N-methyl/N-ethyl adjacent to an activating group) is 1. The summed E-state index contributed by atoms with van der Waals surface area (Å²) < 4.78 is 5.47. The van der Waals surface area contributed by atoms with Crippen LogP contribution in [-0.2, 0) is 6.42 Å². The molecule has 120 valence electrons. The van der Waals surface area contributed by atoms with Crippen LogP contribution in [-0.4, -0.2) is 68.6 Å². The van der Waals surface area contributed by atoms with Crippen molar-refractivity contribution in [1.29, 1.82) is 0 Å². The molecule has 0 spiro atoms. The minimum atomic E-state index is 0.0214. The van der Waals surface area contributed by atoms with Gasteiger partial charge < -0.3 is 19.9 Å². The van der Waals surface area contributed by atoms with Crippen molar-refractivity contribution in [1.82, 2.24) is 15.1 Å². The van der Waals surface area contributed by atoms with Crippen LogP contribution in [0.5, 0.6) is 5.75 Å². The second kappa shape index (κ2) is 7.11. The first-order chi connectivity index (χ1) is 10.7. The molecule has 2 heterocycles. The molecule has 5 nitrogen and oxygen atoms in total. The molecule has 2 aliphatic rings. The Labute approximate surface area is 132 Å². The average Bonchev–Trinajstić information content (AvgIpc) is 3.00. The molecule has 0 aromatic heterocycles. The number of ether oxygens (including phenoxy) is 1. The van der Waals surface area contributed by atoms with Crippen LogP contribution in [0, 0.1) is 0 Å². The highest BCUT2D eigenvalue weighted by Crippen LogP contribution is 2.25. The van der Waals surface area contributed by atoms with Gasteiger partial charge in [0.1, 0.15) is 5.75 Å². The lowest BCUT2D eigenvalue weighted by atomic mass is 10.1. The summed E-state index contributed by atoms with van der Waals surface area (Å²) >= 11 is 0. The maximum atomic E-state index is 12.2. The van der Waals surface area contributed by atoms with Crippen LogP contribution in [0.1, 0.15) is 22.3 Å². The summed E-state index contributed by atoms with van der Waals surface area (Å²) in [4.78, 5) is 17.0. The molecule has 1 amide bonds. The average molecular weight is 303 g/mol. The quantitative estimate of drug-likeness (QED) is 0.824. The van der Waals surface area contributed by atoms with E-state index in [-0.39, 0.29) is 5.91 Å². The van der Waals surface area contributed by atoms with Gasteiger partial charge in [-0.2, -0.15) is 0 Å². The second-order valence-electron chi connectivity index (χ2n) is 6.18. The number of benzene rings is 1. The van der Waals surface area contributed by atoms with Gasteiger partial charge in [0.05, 0.1) is 6.61 Å². The minimum Gasteiger partial charge on any atom is -0.493 e. The summed E-state index contributed by atoms with van der Waals surface area (Å²) in [6.07, 6.45) is 1.91. The number of carbonyl (C=O) groups is 1. The van der Waals surface area contributed by atoms with Crippen LogP contribution in [0.3, 0.4) is 0 Å². The largest absolute Gasteiger partial charge is 0.493 e. The van der Waals surface area contributed by atoms with E-state index in [1.54, 1.807) is 0 Å². The Morgan fingerprint density at radius 1 is 1.27 bits per heavy atom. The number of hydrogen-bond acceptors (Lipinski definition) is 4. The molecule has 0 aliphatic carbocycles. The fourth-order valence-corrected chi connectivity index (χ4v) is 3.01. The van der Waals surface area contributed by atoms with E-state index in [0.717, 1.165) is 75.6 Å². The highest BCUT2D eigenvalue weighted by atomic mass is 16.5. The molecule has 1 saturated heterocycles. The second-order valence-corrected chi connectivity index (χ2v) is 6.18. The Kier molecular flexibility index (Phi) is 4.95. The van der Waals surface area contributed by atoms with Gasteiger partial charge in [0.2, 0.25) is 0 Å². The van der Waals surface area contributed by atoms with Crippen LogP contribution in [0.25, 0.3) is 0 Å². The van der Waals surface area contributed by atoms with Crippen molar-refractivity contribution in [3.8, 4) is 5.75 Å². The number of rotatable bonds is 5. The van der Waals surface area contributed by atoms with E-state index in [0.29, 0.717) is 0 Å². The maximum Gasteiger partial charge on any atom is 0.251 e. The van der Waals surface area contributed by atoms with Gasteiger partial charge >= 0.3 is 0 Å². The molecule has 3 rings (SSSR count). The lowest BCUT2D eigenvalue weighted by Crippen LogP contribution is -2.45. The van der Waals surface area contributed by atoms with Gasteiger partial charge in [0, 0.05) is 44.7 Å². The third-order valence-corrected chi connectivity index (χ3v) is 4.48. The zero-order chi connectivity index (χ0) is 15.4. The number of amides is 1. The fraction of sp³-hybridized carbons (Fsp3) is 0.588. The molecule has 0 radical (unpaired) electrons. The van der Waals surface area contributed by atoms with Crippen molar-refractivity contribution in [2.75, 3.05) is 52.9 Å². The SMILES string of the molecule is CN1CCN(CCCNC(=O)c2ccc3c(c2)CCO3)CC1. The van der Waals surface area contributed by atoms with Crippen LogP contribution in [0.2, 0.25) is 0 Å². The van der Waals surface area contributed by atoms with E-state index in [9.17, 15) is 4.79 Å². The Balaban J connectivity index is 1.39. The molecule has 0 atom stereocenters. The standard InChI is InChI=1S/C17H25N3O2/c1-19-8-10-20(11-9-19)7-2-6-18-17(21)15-3-4-16-14(13-15)5-12-22-16/h3-4,13H,2,5-12H2,1H3,(H,18,21). The summed E-state index contributed by atoms with van der Waals surface area (Å²) in [5, 5.41) is 3.02. The van der Waals surface area contributed by atoms with Crippen molar-refractivity contribution >= 4 is 5.91 Å². The van der Waals surface area contributed by atoms with Crippen LogP contribution >= 0.6 is 0 Å². The van der Waals surface area contributed by atoms with Crippen molar-refractivity contribution in [3.63, 3.8) is 0 Å². The molecule has 0 unspecified atom stereocenters. The molecule has 5 heteroatoms. The van der Waals surface area contributed by atoms with E-state index in [1.165, 1.54) is 0 Å². The molecule has 1 N–H and O–H groups in total. The predicted octanol–water partition coefficient (Wildman–Crippen LogP) is 0.989. The summed E-state index contributed by atoms with van der Waals surface area (Å²) in [6.45, 7) is 7.08. The van der Waals surface area contributed by atoms with Gasteiger partial charge in [-0.1, -0.05) is 0 Å². The summed E-state index contributed by atoms with van der Waals surface area (Å²) in [7, 11) is 2.17. The third-order valence-electron chi connectivity index (χ3n) is 4.48. The minimum absolute atomic E-state index is 0.0214. The van der Waals surface area contributed by atoms with Crippen LogP contribution < -0.4 is 10.1 Å². The normalized spacial score (nSPS) is 18.8. The fourth-order valence-electron chi connectivity index (χ4n) is 3.01. The van der Waals surface area contributed by atoms with Gasteiger partial charge in [0.15, 0.2) is 0 Å². The predicted molar refractivity (Wildman–Crippen MR) is 86.5 cm³/mol. The smallest absolute Gasteiger partial charge is 0.251 e. The number of hydrogen-bond donors (Lipinski definition) is 1. The number of carbonyl (C=O) groups excluding carboxylic acids is 1. The van der Waals surface area contributed by atoms with Crippen molar-refractivity contribution in [2.24, 2.45) is 0 Å². The van der Waals surface area contributed by atoms with Crippen molar-refractivity contribution < 1.29 is 9.53 Å². The van der Waals surface area contributed by atoms with E-state index in [1.807, 2.05) is 18.2 Å². The highest BCUT2D eigenvalue weighted by molar-refractivity contribution is 5.94. The molecular formula is C17H25N3O2. The molecule has 0 saturated carbocycles. The maximum absolute atomic E-state index is 12.2. The number of fused-ring (bicyclic) bond motifs is 1. The van der Waals surface area contributed by atoms with E-state index >= 15 is 0 Å². The summed E-state index contributed by atoms with van der Waals surface area (Å²) in [5.41, 5.74) is 1.88. The third kappa shape index (κ3) is 3.78. The Morgan fingerprint density at radius 2 is 2.09 bits per heavy atom. The molecule has 2 aliphatic heterocycles. The number of nitrogens with one attached hydrogen (secondary N) is 1. The van der Waals surface area contributed by atoms with E-state index in [2.05, 4.69) is 22.2 Å². The Bertz CT molecular complexity index is 525. The van der Waals surface area contributed by atoms with Gasteiger partial charge in [-0.3, -0.25) is 4.79 Å². The van der Waals surface area contributed by atoms with E-state index in [4.69, 9.17) is 4.74 Å². The zero-order valence-electron chi connectivity index (χ0n) is 13.3. The number of piperazine rings is 1. The molecule has 22 heavy (non-hydrogen) atoms. The van der Waals surface area contributed by atoms with Gasteiger partial charge in [0.25, 0.3) is 5.91 Å². The van der Waals surface area contributed by atoms with Crippen LogP contribution in [0.4, 0.5) is 0 Å². The van der Waals surface area contributed by atoms with Gasteiger partial charge in [-0.15, -0.1) is 0 Å². The molecule has 1 fully saturated rings. The van der Waals surface area contributed by atoms with Gasteiger partial charge in [-0.25, -0.2) is 0 Å². The van der Waals surface area contributed by atoms with Crippen molar-refractivity contribution in [2.45, 2.75) is 12.8 Å². The summed E-state index contributed by atoms with van der Waals surface area (Å²) in [6, 6.07) is 5.71.